The van der Waals surface area contributed by atoms with Crippen molar-refractivity contribution < 1.29 is 18.3 Å². The lowest BCUT2D eigenvalue weighted by atomic mass is 9.85. The first kappa shape index (κ1) is 24.0. The van der Waals surface area contributed by atoms with Gasteiger partial charge in [0.2, 0.25) is 15.9 Å². The summed E-state index contributed by atoms with van der Waals surface area (Å²) in [6.45, 7) is 0.726. The van der Waals surface area contributed by atoms with E-state index in [0.29, 0.717) is 32.2 Å². The van der Waals surface area contributed by atoms with Gasteiger partial charge < -0.3 is 14.6 Å². The largest absolute Gasteiger partial charge is 0.394 e. The van der Waals surface area contributed by atoms with E-state index in [9.17, 15) is 18.3 Å². The molecule has 2 N–H and O–H groups in total. The second-order valence-electron chi connectivity index (χ2n) is 9.86. The Hall–Kier alpha value is -2.68. The molecule has 0 bridgehead atoms. The summed E-state index contributed by atoms with van der Waals surface area (Å²) in [5.74, 6) is 0.0327. The Morgan fingerprint density at radius 3 is 2.49 bits per heavy atom. The summed E-state index contributed by atoms with van der Waals surface area (Å²) in [4.78, 5) is 15.0. The zero-order valence-corrected chi connectivity index (χ0v) is 20.9. The lowest BCUT2D eigenvalue weighted by molar-refractivity contribution is -0.138. The topological polar surface area (TPSA) is 91.6 Å². The van der Waals surface area contributed by atoms with Crippen molar-refractivity contribution in [2.45, 2.75) is 55.5 Å². The van der Waals surface area contributed by atoms with Crippen LogP contribution in [0.3, 0.4) is 0 Å². The summed E-state index contributed by atoms with van der Waals surface area (Å²) >= 11 is 0. The molecule has 0 spiro atoms. The van der Waals surface area contributed by atoms with Crippen LogP contribution >= 0.6 is 0 Å². The highest BCUT2D eigenvalue weighted by molar-refractivity contribution is 7.89. The van der Waals surface area contributed by atoms with E-state index in [0.717, 1.165) is 35.0 Å². The number of sulfonamides is 1. The molecule has 2 aliphatic rings. The lowest BCUT2D eigenvalue weighted by Gasteiger charge is -2.32. The molecule has 1 aliphatic heterocycles. The van der Waals surface area contributed by atoms with E-state index in [1.807, 2.05) is 52.9 Å². The first-order chi connectivity index (χ1) is 16.9. The third-order valence-electron chi connectivity index (χ3n) is 7.67. The van der Waals surface area contributed by atoms with Gasteiger partial charge in [-0.2, -0.15) is 0 Å². The van der Waals surface area contributed by atoms with Gasteiger partial charge in [0.25, 0.3) is 0 Å². The SMILES string of the molecule is Cn1c(-c2ccccc2)cc2ccc(S(=O)(=O)NC3CCC(C(=O)N4CCC[C@@H]4CO)CC3)cc21. The number of fused-ring (bicyclic) bond motifs is 1. The number of carbonyl (C=O) groups excluding carboxylic acids is 1. The summed E-state index contributed by atoms with van der Waals surface area (Å²) in [5, 5.41) is 10.5. The maximum Gasteiger partial charge on any atom is 0.240 e. The summed E-state index contributed by atoms with van der Waals surface area (Å²) in [6.07, 6.45) is 4.39. The molecule has 1 saturated heterocycles. The van der Waals surface area contributed by atoms with Gasteiger partial charge in [0.15, 0.2) is 0 Å². The zero-order chi connectivity index (χ0) is 24.6. The van der Waals surface area contributed by atoms with Gasteiger partial charge in [-0.15, -0.1) is 0 Å². The minimum absolute atomic E-state index is 0.0131. The molecule has 1 aliphatic carbocycles. The Morgan fingerprint density at radius 1 is 1.03 bits per heavy atom. The predicted octanol–water partition coefficient (Wildman–Crippen LogP) is 3.67. The van der Waals surface area contributed by atoms with Crippen LogP contribution in [0.5, 0.6) is 0 Å². The third-order valence-corrected chi connectivity index (χ3v) is 9.18. The number of aliphatic hydroxyl groups excluding tert-OH is 1. The minimum Gasteiger partial charge on any atom is -0.394 e. The van der Waals surface area contributed by atoms with E-state index in [2.05, 4.69) is 10.8 Å². The summed E-state index contributed by atoms with van der Waals surface area (Å²) in [7, 11) is -1.73. The molecule has 1 atom stereocenters. The Kier molecular flexibility index (Phi) is 6.70. The molecular formula is C27H33N3O4S. The second-order valence-corrected chi connectivity index (χ2v) is 11.6. The van der Waals surface area contributed by atoms with Crippen LogP contribution in [-0.2, 0) is 21.9 Å². The molecule has 3 aromatic rings. The van der Waals surface area contributed by atoms with E-state index in [-0.39, 0.29) is 35.4 Å². The monoisotopic (exact) mass is 495 g/mol. The number of benzene rings is 2. The Labute approximate surface area is 206 Å². The van der Waals surface area contributed by atoms with Crippen molar-refractivity contribution >= 4 is 26.8 Å². The number of carbonyl (C=O) groups is 1. The summed E-state index contributed by atoms with van der Waals surface area (Å²) in [5.41, 5.74) is 2.98. The van der Waals surface area contributed by atoms with E-state index in [1.54, 1.807) is 12.1 Å². The van der Waals surface area contributed by atoms with Gasteiger partial charge in [-0.05, 0) is 62.3 Å². The molecule has 35 heavy (non-hydrogen) atoms. The van der Waals surface area contributed by atoms with Crippen LogP contribution in [0.2, 0.25) is 0 Å². The standard InChI is InChI=1S/C27H33N3O4S/c1-29-25(19-6-3-2-4-7-19)16-21-11-14-24(17-26(21)29)35(33,34)28-22-12-9-20(10-13-22)27(32)30-15-5-8-23(30)18-31/h2-4,6-7,11,14,16-17,20,22-23,28,31H,5,8-10,12-13,15,18H2,1H3/t20?,22?,23-/m1/s1. The zero-order valence-electron chi connectivity index (χ0n) is 20.1. The van der Waals surface area contributed by atoms with Crippen molar-refractivity contribution in [3.63, 3.8) is 0 Å². The number of hydrogen-bond donors (Lipinski definition) is 2. The van der Waals surface area contributed by atoms with Crippen LogP contribution in [0.4, 0.5) is 0 Å². The third kappa shape index (κ3) is 4.75. The molecule has 1 saturated carbocycles. The number of aliphatic hydroxyl groups is 1. The fourth-order valence-corrected chi connectivity index (χ4v) is 6.98. The van der Waals surface area contributed by atoms with E-state index < -0.39 is 10.0 Å². The number of amides is 1. The molecule has 2 fully saturated rings. The van der Waals surface area contributed by atoms with Gasteiger partial charge in [-0.1, -0.05) is 36.4 Å². The Balaban J connectivity index is 1.27. The molecule has 8 heteroatoms. The molecule has 7 nitrogen and oxygen atoms in total. The fraction of sp³-hybridized carbons (Fsp3) is 0.444. The smallest absolute Gasteiger partial charge is 0.240 e. The molecular weight excluding hydrogens is 462 g/mol. The maximum absolute atomic E-state index is 13.2. The normalized spacial score (nSPS) is 23.1. The number of aromatic nitrogens is 1. The van der Waals surface area contributed by atoms with Gasteiger partial charge >= 0.3 is 0 Å². The predicted molar refractivity (Wildman–Crippen MR) is 136 cm³/mol. The van der Waals surface area contributed by atoms with Gasteiger partial charge in [0.1, 0.15) is 0 Å². The van der Waals surface area contributed by atoms with Crippen LogP contribution < -0.4 is 4.72 Å². The Bertz CT molecular complexity index is 1310. The van der Waals surface area contributed by atoms with Gasteiger partial charge in [0, 0.05) is 42.1 Å². The molecule has 186 valence electrons. The number of nitrogens with zero attached hydrogens (tertiary/aromatic N) is 2. The first-order valence-electron chi connectivity index (χ1n) is 12.5. The van der Waals surface area contributed by atoms with Crippen molar-refractivity contribution in [3.8, 4) is 11.3 Å². The molecule has 1 aromatic heterocycles. The Morgan fingerprint density at radius 2 is 1.77 bits per heavy atom. The average Bonchev–Trinajstić information content (AvgIpc) is 3.48. The van der Waals surface area contributed by atoms with Crippen LogP contribution in [0.25, 0.3) is 22.2 Å². The fourth-order valence-electron chi connectivity index (χ4n) is 5.66. The van der Waals surface area contributed by atoms with Gasteiger partial charge in [0.05, 0.1) is 17.5 Å². The molecule has 2 aromatic carbocycles. The summed E-state index contributed by atoms with van der Waals surface area (Å²) < 4.78 is 31.3. The van der Waals surface area contributed by atoms with Crippen molar-refractivity contribution in [3.05, 3.63) is 54.6 Å². The highest BCUT2D eigenvalue weighted by Gasteiger charge is 2.35. The lowest BCUT2D eigenvalue weighted by Crippen LogP contribution is -2.44. The van der Waals surface area contributed by atoms with E-state index >= 15 is 0 Å². The van der Waals surface area contributed by atoms with Crippen LogP contribution in [0, 0.1) is 5.92 Å². The molecule has 0 radical (unpaired) electrons. The van der Waals surface area contributed by atoms with Gasteiger partial charge in [-0.25, -0.2) is 13.1 Å². The average molecular weight is 496 g/mol. The maximum atomic E-state index is 13.2. The number of aryl methyl sites for hydroxylation is 1. The van der Waals surface area contributed by atoms with E-state index in [1.165, 1.54) is 0 Å². The van der Waals surface area contributed by atoms with Crippen molar-refractivity contribution in [2.75, 3.05) is 13.2 Å². The second kappa shape index (κ2) is 9.76. The van der Waals surface area contributed by atoms with Crippen molar-refractivity contribution in [2.24, 2.45) is 13.0 Å². The highest BCUT2D eigenvalue weighted by atomic mass is 32.2. The molecule has 0 unspecified atom stereocenters. The van der Waals surface area contributed by atoms with Crippen LogP contribution in [-0.4, -0.2) is 54.1 Å². The quantitative estimate of drug-likeness (QED) is 0.546. The molecule has 5 rings (SSSR count). The number of likely N-dealkylation sites (tertiary alicyclic amines) is 1. The summed E-state index contributed by atoms with van der Waals surface area (Å²) in [6, 6.07) is 17.1. The van der Waals surface area contributed by atoms with Crippen LogP contribution in [0.1, 0.15) is 38.5 Å². The van der Waals surface area contributed by atoms with Gasteiger partial charge in [-0.3, -0.25) is 4.79 Å². The molecule has 2 heterocycles. The van der Waals surface area contributed by atoms with Crippen LogP contribution in [0.15, 0.2) is 59.5 Å². The minimum atomic E-state index is -3.68. The highest BCUT2D eigenvalue weighted by Crippen LogP contribution is 2.31. The van der Waals surface area contributed by atoms with E-state index in [4.69, 9.17) is 0 Å². The first-order valence-corrected chi connectivity index (χ1v) is 13.9. The molecule has 1 amide bonds. The number of nitrogens with one attached hydrogen (secondary N) is 1. The number of hydrogen-bond acceptors (Lipinski definition) is 4. The number of rotatable bonds is 6. The van der Waals surface area contributed by atoms with Crippen molar-refractivity contribution in [1.29, 1.82) is 0 Å². The van der Waals surface area contributed by atoms with Crippen molar-refractivity contribution in [1.82, 2.24) is 14.2 Å².